The van der Waals surface area contributed by atoms with Gasteiger partial charge in [0.25, 0.3) is 5.56 Å². The van der Waals surface area contributed by atoms with Crippen LogP contribution in [0.3, 0.4) is 0 Å². The minimum atomic E-state index is -0.128. The molecule has 5 aromatic rings. The van der Waals surface area contributed by atoms with Gasteiger partial charge in [0.15, 0.2) is 0 Å². The Bertz CT molecular complexity index is 1640. The van der Waals surface area contributed by atoms with Crippen molar-refractivity contribution in [2.24, 2.45) is 5.92 Å². The summed E-state index contributed by atoms with van der Waals surface area (Å²) in [6.45, 7) is 5.55. The number of nitrogens with one attached hydrogen (secondary N) is 3. The number of anilines is 1. The van der Waals surface area contributed by atoms with Crippen molar-refractivity contribution in [2.45, 2.75) is 32.2 Å². The van der Waals surface area contributed by atoms with E-state index in [1.807, 2.05) is 30.3 Å². The molecular formula is C31H31N5O. The molecule has 0 aliphatic carbocycles. The third kappa shape index (κ3) is 3.83. The monoisotopic (exact) mass is 489 g/mol. The lowest BCUT2D eigenvalue weighted by molar-refractivity contribution is 0.0976. The van der Waals surface area contributed by atoms with Gasteiger partial charge >= 0.3 is 0 Å². The fourth-order valence-electron chi connectivity index (χ4n) is 6.33. The molecule has 8 rings (SSSR count). The lowest BCUT2D eigenvalue weighted by Gasteiger charge is -2.45. The number of fused-ring (bicyclic) bond motifs is 5. The molecule has 0 unspecified atom stereocenters. The van der Waals surface area contributed by atoms with Crippen LogP contribution in [0.5, 0.6) is 0 Å². The fourth-order valence-corrected chi connectivity index (χ4v) is 6.33. The Morgan fingerprint density at radius 2 is 1.78 bits per heavy atom. The van der Waals surface area contributed by atoms with Crippen LogP contribution in [-0.2, 0) is 6.42 Å². The van der Waals surface area contributed by atoms with Crippen LogP contribution in [0.4, 0.5) is 5.69 Å². The van der Waals surface area contributed by atoms with Crippen LogP contribution >= 0.6 is 0 Å². The van der Waals surface area contributed by atoms with Crippen molar-refractivity contribution < 1.29 is 0 Å². The van der Waals surface area contributed by atoms with E-state index in [0.29, 0.717) is 23.3 Å². The number of H-pyrrole nitrogens is 2. The van der Waals surface area contributed by atoms with Crippen LogP contribution < -0.4 is 10.9 Å². The average molecular weight is 490 g/mol. The number of hydrogen-bond acceptors (Lipinski definition) is 4. The number of imidazole rings is 1. The largest absolute Gasteiger partial charge is 0.379 e. The molecule has 37 heavy (non-hydrogen) atoms. The summed E-state index contributed by atoms with van der Waals surface area (Å²) in [5.41, 5.74) is 7.67. The van der Waals surface area contributed by atoms with E-state index in [9.17, 15) is 4.79 Å². The van der Waals surface area contributed by atoms with Crippen LogP contribution in [0, 0.1) is 5.92 Å². The summed E-state index contributed by atoms with van der Waals surface area (Å²) in [5.74, 6) is 1.22. The number of pyridine rings is 1. The van der Waals surface area contributed by atoms with Gasteiger partial charge in [-0.25, -0.2) is 4.98 Å². The number of aromatic amines is 2. The minimum absolute atomic E-state index is 0.128. The normalized spacial score (nSPS) is 21.1. The zero-order valence-electron chi connectivity index (χ0n) is 21.1. The zero-order valence-corrected chi connectivity index (χ0v) is 21.1. The van der Waals surface area contributed by atoms with Crippen LogP contribution in [-0.4, -0.2) is 45.5 Å². The smallest absolute Gasteiger partial charge is 0.261 e. The van der Waals surface area contributed by atoms with Gasteiger partial charge in [-0.1, -0.05) is 49.4 Å². The van der Waals surface area contributed by atoms with Crippen molar-refractivity contribution in [3.05, 3.63) is 82.6 Å². The number of para-hydroxylation sites is 2. The highest BCUT2D eigenvalue weighted by atomic mass is 16.1. The van der Waals surface area contributed by atoms with Crippen LogP contribution in [0.15, 0.2) is 71.5 Å². The second kappa shape index (κ2) is 8.89. The van der Waals surface area contributed by atoms with Gasteiger partial charge in [0, 0.05) is 18.0 Å². The third-order valence-electron chi connectivity index (χ3n) is 8.34. The van der Waals surface area contributed by atoms with Gasteiger partial charge in [0.1, 0.15) is 11.4 Å². The molecule has 2 bridgehead atoms. The molecular weight excluding hydrogens is 458 g/mol. The van der Waals surface area contributed by atoms with Gasteiger partial charge in [0.2, 0.25) is 0 Å². The van der Waals surface area contributed by atoms with Gasteiger partial charge in [-0.15, -0.1) is 0 Å². The first-order chi connectivity index (χ1) is 18.2. The number of rotatable bonds is 5. The van der Waals surface area contributed by atoms with Crippen LogP contribution in [0.25, 0.3) is 44.5 Å². The number of nitrogens with zero attached hydrogens (tertiary/aromatic N) is 2. The molecule has 0 amide bonds. The first kappa shape index (κ1) is 22.3. The lowest BCUT2D eigenvalue weighted by Crippen LogP contribution is -2.53. The quantitative estimate of drug-likeness (QED) is 0.291. The predicted molar refractivity (Wildman–Crippen MR) is 151 cm³/mol. The number of benzene rings is 3. The zero-order chi connectivity index (χ0) is 24.9. The molecule has 2 aromatic heterocycles. The maximum atomic E-state index is 13.6. The molecule has 6 nitrogen and oxygen atoms in total. The Balaban J connectivity index is 1.45. The highest BCUT2D eigenvalue weighted by Crippen LogP contribution is 2.37. The van der Waals surface area contributed by atoms with Gasteiger partial charge in [-0.3, -0.25) is 4.79 Å². The van der Waals surface area contributed by atoms with Crippen molar-refractivity contribution in [3.63, 3.8) is 0 Å². The average Bonchev–Trinajstić information content (AvgIpc) is 3.37. The first-order valence-electron chi connectivity index (χ1n) is 13.4. The molecule has 186 valence electrons. The van der Waals surface area contributed by atoms with Crippen LogP contribution in [0.2, 0.25) is 0 Å². The molecule has 1 atom stereocenters. The molecule has 3 N–H and O–H groups in total. The molecule has 3 aromatic carbocycles. The lowest BCUT2D eigenvalue weighted by atomic mass is 9.83. The minimum Gasteiger partial charge on any atom is -0.379 e. The maximum Gasteiger partial charge on any atom is 0.261 e. The molecule has 0 saturated carbocycles. The summed E-state index contributed by atoms with van der Waals surface area (Å²) in [6.07, 6.45) is 3.37. The highest BCUT2D eigenvalue weighted by molar-refractivity contribution is 6.01. The van der Waals surface area contributed by atoms with Crippen molar-refractivity contribution in [1.82, 2.24) is 19.9 Å². The molecule has 3 aliphatic rings. The van der Waals surface area contributed by atoms with Gasteiger partial charge < -0.3 is 20.2 Å². The number of piperidine rings is 3. The second-order valence-electron chi connectivity index (χ2n) is 10.5. The Hall–Kier alpha value is -3.90. The molecule has 6 heteroatoms. The van der Waals surface area contributed by atoms with E-state index in [1.54, 1.807) is 0 Å². The molecule has 3 fully saturated rings. The van der Waals surface area contributed by atoms with Crippen molar-refractivity contribution in [1.29, 1.82) is 0 Å². The Morgan fingerprint density at radius 1 is 0.973 bits per heavy atom. The SMILES string of the molecule is CCc1ccccc1-c1ccc2[nH]c(=O)c(-c3nc4ccccc4[nH]3)c(N[C@H]3CN4CCC3CC4)c2c1. The van der Waals surface area contributed by atoms with E-state index in [0.717, 1.165) is 46.2 Å². The Kier molecular flexibility index (Phi) is 5.36. The highest BCUT2D eigenvalue weighted by Gasteiger charge is 2.35. The van der Waals surface area contributed by atoms with E-state index >= 15 is 0 Å². The van der Waals surface area contributed by atoms with Gasteiger partial charge in [0.05, 0.1) is 22.2 Å². The van der Waals surface area contributed by atoms with Gasteiger partial charge in [-0.05, 0) is 79.2 Å². The van der Waals surface area contributed by atoms with Crippen molar-refractivity contribution >= 4 is 27.6 Å². The molecule has 0 radical (unpaired) electrons. The van der Waals surface area contributed by atoms with Crippen molar-refractivity contribution in [3.8, 4) is 22.5 Å². The van der Waals surface area contributed by atoms with Crippen LogP contribution in [0.1, 0.15) is 25.3 Å². The summed E-state index contributed by atoms with van der Waals surface area (Å²) < 4.78 is 0. The number of aryl methyl sites for hydroxylation is 1. The summed E-state index contributed by atoms with van der Waals surface area (Å²) in [6, 6.07) is 23.2. The second-order valence-corrected chi connectivity index (χ2v) is 10.5. The third-order valence-corrected chi connectivity index (χ3v) is 8.34. The number of aromatic nitrogens is 3. The molecule has 5 heterocycles. The Morgan fingerprint density at radius 3 is 2.57 bits per heavy atom. The molecule has 3 aliphatic heterocycles. The van der Waals surface area contributed by atoms with E-state index in [4.69, 9.17) is 4.98 Å². The molecule has 0 spiro atoms. The van der Waals surface area contributed by atoms with E-state index in [-0.39, 0.29) is 5.56 Å². The summed E-state index contributed by atoms with van der Waals surface area (Å²) in [4.78, 5) is 27.6. The van der Waals surface area contributed by atoms with Gasteiger partial charge in [-0.2, -0.15) is 0 Å². The fraction of sp³-hybridized carbons (Fsp3) is 0.290. The molecule has 3 saturated heterocycles. The van der Waals surface area contributed by atoms with E-state index in [1.165, 1.54) is 37.1 Å². The topological polar surface area (TPSA) is 76.8 Å². The van der Waals surface area contributed by atoms with E-state index < -0.39 is 0 Å². The number of hydrogen-bond donors (Lipinski definition) is 3. The summed E-state index contributed by atoms with van der Waals surface area (Å²) in [7, 11) is 0. The van der Waals surface area contributed by atoms with E-state index in [2.05, 4.69) is 63.5 Å². The standard InChI is InChI=1S/C31H31N5O/c1-2-19-7-3-4-8-22(19)21-11-12-24-23(17-21)29(32-27-18-36-15-13-20(27)14-16-36)28(31(37)35-24)30-33-25-9-5-6-10-26(25)34-30/h3-12,17,20,27H,2,13-16,18H2,1H3,(H,33,34)(H2,32,35,37)/t27-/m0/s1. The first-order valence-corrected chi connectivity index (χ1v) is 13.4. The summed E-state index contributed by atoms with van der Waals surface area (Å²) >= 11 is 0. The Labute approximate surface area is 215 Å². The van der Waals surface area contributed by atoms with Crippen molar-refractivity contribution in [2.75, 3.05) is 25.0 Å². The summed E-state index contributed by atoms with van der Waals surface area (Å²) in [5, 5.41) is 4.92. The predicted octanol–water partition coefficient (Wildman–Crippen LogP) is 5.81. The maximum absolute atomic E-state index is 13.6.